The summed E-state index contributed by atoms with van der Waals surface area (Å²) in [5, 5.41) is 0. The minimum Gasteiger partial charge on any atom is -0.466 e. The lowest BCUT2D eigenvalue weighted by Crippen LogP contribution is -2.01. The van der Waals surface area contributed by atoms with E-state index in [1.165, 1.54) is 71.0 Å². The second-order valence-corrected chi connectivity index (χ2v) is 5.83. The molecule has 4 nitrogen and oxygen atoms in total. The summed E-state index contributed by atoms with van der Waals surface area (Å²) in [5.41, 5.74) is 0.433. The van der Waals surface area contributed by atoms with Crippen LogP contribution in [-0.4, -0.2) is 25.7 Å². The number of ether oxygens (including phenoxy) is 2. The van der Waals surface area contributed by atoms with Crippen molar-refractivity contribution in [2.75, 3.05) is 13.7 Å². The van der Waals surface area contributed by atoms with Crippen LogP contribution in [0.3, 0.4) is 0 Å². The van der Waals surface area contributed by atoms with E-state index in [1.807, 2.05) is 0 Å². The molecular weight excluding hydrogens is 304 g/mol. The molecule has 0 rings (SSSR count). The summed E-state index contributed by atoms with van der Waals surface area (Å²) in [6.07, 6.45) is 14.2. The van der Waals surface area contributed by atoms with Gasteiger partial charge in [0.2, 0.25) is 0 Å². The van der Waals surface area contributed by atoms with E-state index < -0.39 is 0 Å². The second-order valence-electron chi connectivity index (χ2n) is 5.83. The molecule has 0 aromatic carbocycles. The Kier molecular flexibility index (Phi) is 20.0. The van der Waals surface area contributed by atoms with Crippen molar-refractivity contribution in [1.82, 2.24) is 0 Å². The summed E-state index contributed by atoms with van der Waals surface area (Å²) < 4.78 is 9.18. The Bertz CT molecular complexity index is 348. The highest BCUT2D eigenvalue weighted by Gasteiger charge is 1.96. The van der Waals surface area contributed by atoms with Crippen LogP contribution in [-0.2, 0) is 19.1 Å². The third-order valence-corrected chi connectivity index (χ3v) is 3.44. The van der Waals surface area contributed by atoms with Crippen LogP contribution in [0.2, 0.25) is 0 Å². The van der Waals surface area contributed by atoms with Crippen molar-refractivity contribution in [2.24, 2.45) is 0 Å². The van der Waals surface area contributed by atoms with Crippen LogP contribution in [0.1, 0.15) is 78.1 Å². The Morgan fingerprint density at radius 1 is 0.917 bits per heavy atom. The molecule has 0 aromatic heterocycles. The summed E-state index contributed by atoms with van der Waals surface area (Å²) >= 11 is 0. The van der Waals surface area contributed by atoms with Crippen LogP contribution in [0, 0.1) is 0 Å². The number of esters is 2. The lowest BCUT2D eigenvalue weighted by atomic mass is 10.1. The number of carbonyl (C=O) groups is 2. The van der Waals surface area contributed by atoms with Crippen LogP contribution in [0.5, 0.6) is 0 Å². The lowest BCUT2D eigenvalue weighted by molar-refractivity contribution is -0.138. The van der Waals surface area contributed by atoms with Crippen molar-refractivity contribution < 1.29 is 19.1 Å². The van der Waals surface area contributed by atoms with E-state index >= 15 is 0 Å². The van der Waals surface area contributed by atoms with Crippen molar-refractivity contribution in [1.29, 1.82) is 0 Å². The first-order valence-corrected chi connectivity index (χ1v) is 9.02. The Hall–Kier alpha value is -1.58. The van der Waals surface area contributed by atoms with E-state index in [0.29, 0.717) is 12.2 Å². The van der Waals surface area contributed by atoms with Gasteiger partial charge in [-0.1, -0.05) is 77.9 Å². The van der Waals surface area contributed by atoms with Crippen LogP contribution >= 0.6 is 0 Å². The van der Waals surface area contributed by atoms with E-state index in [-0.39, 0.29) is 11.9 Å². The molecule has 0 bridgehead atoms. The van der Waals surface area contributed by atoms with Crippen LogP contribution < -0.4 is 0 Å². The first-order valence-electron chi connectivity index (χ1n) is 9.02. The van der Waals surface area contributed by atoms with Gasteiger partial charge in [-0.05, 0) is 13.3 Å². The first-order chi connectivity index (χ1) is 11.5. The van der Waals surface area contributed by atoms with Crippen molar-refractivity contribution in [3.8, 4) is 0 Å². The molecular formula is C20H36O4. The fourth-order valence-electron chi connectivity index (χ4n) is 2.00. The van der Waals surface area contributed by atoms with Crippen molar-refractivity contribution >= 4 is 11.9 Å². The standard InChI is InChI=1S/C15H28O2.C5H8O2/c1-3-5-6-7-8-9-10-11-12-13-14-17-15(16)4-2;1-4(2)5(6)7-3/h4H,2-3,5-14H2,1H3;1H2,2-3H3. The van der Waals surface area contributed by atoms with Gasteiger partial charge in [0.05, 0.1) is 13.7 Å². The molecule has 0 amide bonds. The highest BCUT2D eigenvalue weighted by atomic mass is 16.5. The Morgan fingerprint density at radius 3 is 1.71 bits per heavy atom. The summed E-state index contributed by atoms with van der Waals surface area (Å²) in [6, 6.07) is 0. The van der Waals surface area contributed by atoms with Gasteiger partial charge in [0, 0.05) is 11.6 Å². The maximum atomic E-state index is 10.7. The molecule has 0 radical (unpaired) electrons. The van der Waals surface area contributed by atoms with Crippen LogP contribution in [0.4, 0.5) is 0 Å². The highest BCUT2D eigenvalue weighted by Crippen LogP contribution is 2.10. The molecule has 4 heteroatoms. The molecule has 0 unspecified atom stereocenters. The number of carbonyl (C=O) groups excluding carboxylic acids is 2. The molecule has 24 heavy (non-hydrogen) atoms. The number of methoxy groups -OCH3 is 1. The zero-order valence-electron chi connectivity index (χ0n) is 15.9. The fraction of sp³-hybridized carbons (Fsp3) is 0.700. The van der Waals surface area contributed by atoms with Gasteiger partial charge in [0.25, 0.3) is 0 Å². The molecule has 0 fully saturated rings. The largest absolute Gasteiger partial charge is 0.466 e. The predicted octanol–water partition coefficient (Wildman–Crippen LogP) is 5.37. The smallest absolute Gasteiger partial charge is 0.332 e. The van der Waals surface area contributed by atoms with Gasteiger partial charge in [0.15, 0.2) is 0 Å². The third kappa shape index (κ3) is 20.4. The molecule has 0 aliphatic heterocycles. The number of hydrogen-bond donors (Lipinski definition) is 0. The van der Waals surface area contributed by atoms with Crippen LogP contribution in [0.25, 0.3) is 0 Å². The van der Waals surface area contributed by atoms with Crippen molar-refractivity contribution in [2.45, 2.75) is 78.1 Å². The lowest BCUT2D eigenvalue weighted by Gasteiger charge is -2.03. The van der Waals surface area contributed by atoms with Crippen molar-refractivity contribution in [3.63, 3.8) is 0 Å². The van der Waals surface area contributed by atoms with Gasteiger partial charge in [-0.3, -0.25) is 0 Å². The molecule has 0 aliphatic carbocycles. The summed E-state index contributed by atoms with van der Waals surface area (Å²) in [4.78, 5) is 20.9. The molecule has 0 N–H and O–H groups in total. The minimum absolute atomic E-state index is 0.305. The van der Waals surface area contributed by atoms with E-state index in [4.69, 9.17) is 4.74 Å². The van der Waals surface area contributed by atoms with Gasteiger partial charge in [-0.25, -0.2) is 9.59 Å². The zero-order valence-corrected chi connectivity index (χ0v) is 15.9. The van der Waals surface area contributed by atoms with E-state index in [2.05, 4.69) is 24.8 Å². The maximum Gasteiger partial charge on any atom is 0.332 e. The number of hydrogen-bond acceptors (Lipinski definition) is 4. The summed E-state index contributed by atoms with van der Waals surface area (Å²) in [6.45, 7) is 11.1. The molecule has 0 heterocycles. The molecule has 0 atom stereocenters. The monoisotopic (exact) mass is 340 g/mol. The third-order valence-electron chi connectivity index (χ3n) is 3.44. The molecule has 0 aromatic rings. The molecule has 0 saturated carbocycles. The highest BCUT2D eigenvalue weighted by molar-refractivity contribution is 5.86. The van der Waals surface area contributed by atoms with Gasteiger partial charge in [-0.15, -0.1) is 0 Å². The van der Waals surface area contributed by atoms with Gasteiger partial charge in [0.1, 0.15) is 0 Å². The fourth-order valence-corrected chi connectivity index (χ4v) is 2.00. The van der Waals surface area contributed by atoms with E-state index in [0.717, 1.165) is 6.42 Å². The quantitative estimate of drug-likeness (QED) is 0.257. The average Bonchev–Trinajstić information content (AvgIpc) is 2.59. The Balaban J connectivity index is 0. The van der Waals surface area contributed by atoms with Gasteiger partial charge < -0.3 is 9.47 Å². The number of rotatable bonds is 13. The Morgan fingerprint density at radius 2 is 1.38 bits per heavy atom. The number of unbranched alkanes of at least 4 members (excludes halogenated alkanes) is 9. The SMILES string of the molecule is C=C(C)C(=O)OC.C=CC(=O)OCCCCCCCCCCCC. The molecule has 140 valence electrons. The Labute approximate surface area is 148 Å². The predicted molar refractivity (Wildman–Crippen MR) is 99.8 cm³/mol. The summed E-state index contributed by atoms with van der Waals surface area (Å²) in [7, 11) is 1.33. The zero-order chi connectivity index (χ0) is 18.6. The summed E-state index contributed by atoms with van der Waals surface area (Å²) in [5.74, 6) is -0.652. The van der Waals surface area contributed by atoms with Crippen molar-refractivity contribution in [3.05, 3.63) is 24.8 Å². The topological polar surface area (TPSA) is 52.6 Å². The second kappa shape index (κ2) is 19.5. The first kappa shape index (κ1) is 24.7. The molecule has 0 saturated heterocycles. The normalized spacial score (nSPS) is 9.46. The van der Waals surface area contributed by atoms with E-state index in [1.54, 1.807) is 6.92 Å². The maximum absolute atomic E-state index is 10.7. The molecule has 0 aliphatic rings. The van der Waals surface area contributed by atoms with Crippen LogP contribution in [0.15, 0.2) is 24.8 Å². The molecule has 0 spiro atoms. The minimum atomic E-state index is -0.347. The average molecular weight is 341 g/mol. The van der Waals surface area contributed by atoms with Gasteiger partial charge in [-0.2, -0.15) is 0 Å². The van der Waals surface area contributed by atoms with E-state index in [9.17, 15) is 9.59 Å². The van der Waals surface area contributed by atoms with Gasteiger partial charge >= 0.3 is 11.9 Å².